The van der Waals surface area contributed by atoms with Gasteiger partial charge in [-0.15, -0.1) is 0 Å². The maximum absolute atomic E-state index is 5.89. The van der Waals surface area contributed by atoms with Crippen LogP contribution in [0.4, 0.5) is 5.82 Å². The van der Waals surface area contributed by atoms with E-state index in [-0.39, 0.29) is 0 Å². The molecule has 0 saturated carbocycles. The number of hydrogen-bond donors (Lipinski definition) is 1. The number of hydrogen-bond acceptors (Lipinski definition) is 4. The van der Waals surface area contributed by atoms with Crippen LogP contribution in [0.3, 0.4) is 0 Å². The molecule has 1 aromatic heterocycles. The van der Waals surface area contributed by atoms with E-state index in [1.54, 1.807) is 6.33 Å². The van der Waals surface area contributed by atoms with Gasteiger partial charge in [-0.2, -0.15) is 0 Å². The molecular weight excluding hydrogens is 330 g/mol. The zero-order chi connectivity index (χ0) is 15.1. The van der Waals surface area contributed by atoms with Gasteiger partial charge in [-0.1, -0.05) is 48.0 Å². The van der Waals surface area contributed by atoms with Gasteiger partial charge < -0.3 is 10.1 Å². The molecule has 0 spiro atoms. The van der Waals surface area contributed by atoms with E-state index in [0.29, 0.717) is 12.5 Å². The first-order valence-electron chi connectivity index (χ1n) is 7.20. The number of halogens is 1. The molecule has 2 aromatic rings. The van der Waals surface area contributed by atoms with Gasteiger partial charge in [0.25, 0.3) is 0 Å². The highest BCUT2D eigenvalue weighted by Crippen LogP contribution is 2.24. The van der Waals surface area contributed by atoms with Gasteiger partial charge in [0.05, 0.1) is 5.56 Å². The first kappa shape index (κ1) is 15.8. The first-order chi connectivity index (χ1) is 10.3. The zero-order valence-electron chi connectivity index (χ0n) is 12.4. The molecule has 1 aromatic carbocycles. The Morgan fingerprint density at radius 3 is 2.71 bits per heavy atom. The molecular formula is C16H20BrN3O. The fourth-order valence-corrected chi connectivity index (χ4v) is 2.40. The molecule has 1 N–H and O–H groups in total. The van der Waals surface area contributed by atoms with Crippen LogP contribution in [-0.2, 0) is 13.0 Å². The third-order valence-corrected chi connectivity index (χ3v) is 3.90. The number of aromatic nitrogens is 2. The third kappa shape index (κ3) is 4.17. The van der Waals surface area contributed by atoms with Crippen molar-refractivity contribution in [1.82, 2.24) is 9.97 Å². The van der Waals surface area contributed by atoms with E-state index in [2.05, 4.69) is 45.1 Å². The summed E-state index contributed by atoms with van der Waals surface area (Å²) in [6.07, 6.45) is 3.44. The minimum atomic E-state index is 0.485. The molecule has 1 heterocycles. The molecule has 0 atom stereocenters. The maximum Gasteiger partial charge on any atom is 0.222 e. The highest BCUT2D eigenvalue weighted by molar-refractivity contribution is 9.10. The maximum atomic E-state index is 5.89. The van der Waals surface area contributed by atoms with E-state index in [0.717, 1.165) is 40.8 Å². The van der Waals surface area contributed by atoms with E-state index in [9.17, 15) is 0 Å². The van der Waals surface area contributed by atoms with Crippen LogP contribution in [-0.4, -0.2) is 16.5 Å². The van der Waals surface area contributed by atoms with Gasteiger partial charge in [0.2, 0.25) is 5.88 Å². The molecule has 5 heteroatoms. The summed E-state index contributed by atoms with van der Waals surface area (Å²) < 4.78 is 6.94. The van der Waals surface area contributed by atoms with Crippen molar-refractivity contribution in [3.63, 3.8) is 0 Å². The van der Waals surface area contributed by atoms with Crippen molar-refractivity contribution in [2.24, 2.45) is 0 Å². The molecule has 0 saturated heterocycles. The van der Waals surface area contributed by atoms with Crippen LogP contribution in [0.5, 0.6) is 5.88 Å². The molecule has 0 bridgehead atoms. The summed E-state index contributed by atoms with van der Waals surface area (Å²) in [5.74, 6) is 1.53. The summed E-state index contributed by atoms with van der Waals surface area (Å²) in [4.78, 5) is 8.58. The second-order valence-corrected chi connectivity index (χ2v) is 5.52. The molecule has 0 aliphatic carbocycles. The molecule has 0 amide bonds. The minimum Gasteiger partial charge on any atom is -0.472 e. The predicted molar refractivity (Wildman–Crippen MR) is 88.7 cm³/mol. The van der Waals surface area contributed by atoms with Crippen LogP contribution < -0.4 is 10.1 Å². The summed E-state index contributed by atoms with van der Waals surface area (Å²) in [6, 6.07) is 8.03. The quantitative estimate of drug-likeness (QED) is 0.813. The summed E-state index contributed by atoms with van der Waals surface area (Å²) in [6.45, 7) is 5.59. The van der Waals surface area contributed by atoms with Crippen LogP contribution in [0.1, 0.15) is 31.4 Å². The molecule has 0 aliphatic heterocycles. The normalized spacial score (nSPS) is 10.4. The smallest absolute Gasteiger partial charge is 0.222 e. The topological polar surface area (TPSA) is 47.0 Å². The Balaban J connectivity index is 2.14. The molecule has 0 unspecified atom stereocenters. The van der Waals surface area contributed by atoms with Crippen molar-refractivity contribution in [2.75, 3.05) is 11.9 Å². The summed E-state index contributed by atoms with van der Waals surface area (Å²) in [5, 5.41) is 3.32. The number of anilines is 1. The van der Waals surface area contributed by atoms with Gasteiger partial charge >= 0.3 is 0 Å². The Hall–Kier alpha value is -1.62. The molecule has 0 radical (unpaired) electrons. The monoisotopic (exact) mass is 349 g/mol. The highest BCUT2D eigenvalue weighted by Gasteiger charge is 2.11. The number of nitrogens with one attached hydrogen (secondary N) is 1. The van der Waals surface area contributed by atoms with Crippen LogP contribution in [0.15, 0.2) is 35.1 Å². The Labute approximate surface area is 134 Å². The van der Waals surface area contributed by atoms with Crippen molar-refractivity contribution in [2.45, 2.75) is 33.3 Å². The molecule has 21 heavy (non-hydrogen) atoms. The van der Waals surface area contributed by atoms with E-state index in [1.165, 1.54) is 0 Å². The predicted octanol–water partition coefficient (Wildman–Crippen LogP) is 4.20. The van der Waals surface area contributed by atoms with Crippen LogP contribution in [0.2, 0.25) is 0 Å². The molecule has 112 valence electrons. The molecule has 2 rings (SSSR count). The Morgan fingerprint density at radius 1 is 1.19 bits per heavy atom. The van der Waals surface area contributed by atoms with Crippen LogP contribution in [0, 0.1) is 0 Å². The van der Waals surface area contributed by atoms with Gasteiger partial charge in [0, 0.05) is 16.6 Å². The molecule has 4 nitrogen and oxygen atoms in total. The second kappa shape index (κ2) is 7.98. The number of benzene rings is 1. The first-order valence-corrected chi connectivity index (χ1v) is 7.99. The lowest BCUT2D eigenvalue weighted by molar-refractivity contribution is 0.289. The standard InChI is InChI=1S/C16H20BrN3O/c1-3-9-18-15-13(4-2)16(20-11-19-15)21-10-12-7-5-6-8-14(12)17/h5-8,11H,3-4,9-10H2,1-2H3,(H,18,19,20). The minimum absolute atomic E-state index is 0.485. The zero-order valence-corrected chi connectivity index (χ0v) is 14.0. The van der Waals surface area contributed by atoms with Crippen molar-refractivity contribution in [3.8, 4) is 5.88 Å². The average Bonchev–Trinajstić information content (AvgIpc) is 2.52. The lowest BCUT2D eigenvalue weighted by Crippen LogP contribution is -2.08. The Morgan fingerprint density at radius 2 is 2.00 bits per heavy atom. The molecule has 0 fully saturated rings. The lowest BCUT2D eigenvalue weighted by atomic mass is 10.2. The van der Waals surface area contributed by atoms with Crippen molar-refractivity contribution in [3.05, 3.63) is 46.2 Å². The molecule has 0 aliphatic rings. The van der Waals surface area contributed by atoms with Gasteiger partial charge in [0.15, 0.2) is 0 Å². The average molecular weight is 350 g/mol. The number of rotatable bonds is 7. The van der Waals surface area contributed by atoms with Gasteiger partial charge in [-0.05, 0) is 18.9 Å². The summed E-state index contributed by atoms with van der Waals surface area (Å²) >= 11 is 3.53. The van der Waals surface area contributed by atoms with Crippen molar-refractivity contribution >= 4 is 21.7 Å². The lowest BCUT2D eigenvalue weighted by Gasteiger charge is -2.14. The van der Waals surface area contributed by atoms with Crippen LogP contribution >= 0.6 is 15.9 Å². The van der Waals surface area contributed by atoms with E-state index >= 15 is 0 Å². The number of nitrogens with zero attached hydrogens (tertiary/aromatic N) is 2. The fraction of sp³-hybridized carbons (Fsp3) is 0.375. The third-order valence-electron chi connectivity index (χ3n) is 3.12. The van der Waals surface area contributed by atoms with E-state index in [4.69, 9.17) is 4.74 Å². The highest BCUT2D eigenvalue weighted by atomic mass is 79.9. The van der Waals surface area contributed by atoms with Crippen molar-refractivity contribution in [1.29, 1.82) is 0 Å². The van der Waals surface area contributed by atoms with Gasteiger partial charge in [-0.3, -0.25) is 0 Å². The van der Waals surface area contributed by atoms with E-state index in [1.807, 2.05) is 24.3 Å². The number of ether oxygens (including phenoxy) is 1. The van der Waals surface area contributed by atoms with Gasteiger partial charge in [0.1, 0.15) is 18.8 Å². The SMILES string of the molecule is CCCNc1ncnc(OCc2ccccc2Br)c1CC. The van der Waals surface area contributed by atoms with Crippen molar-refractivity contribution < 1.29 is 4.74 Å². The fourth-order valence-electron chi connectivity index (χ4n) is 2.00. The summed E-state index contributed by atoms with van der Waals surface area (Å²) in [7, 11) is 0. The largest absolute Gasteiger partial charge is 0.472 e. The Bertz CT molecular complexity index is 589. The Kier molecular flexibility index (Phi) is 5.99. The summed E-state index contributed by atoms with van der Waals surface area (Å²) in [5.41, 5.74) is 2.12. The second-order valence-electron chi connectivity index (χ2n) is 4.67. The van der Waals surface area contributed by atoms with Crippen LogP contribution in [0.25, 0.3) is 0 Å². The van der Waals surface area contributed by atoms with E-state index < -0.39 is 0 Å². The van der Waals surface area contributed by atoms with Gasteiger partial charge in [-0.25, -0.2) is 9.97 Å².